The highest BCUT2D eigenvalue weighted by atomic mass is 16.5. The van der Waals surface area contributed by atoms with Crippen LogP contribution in [0.4, 0.5) is 0 Å². The smallest absolute Gasteiger partial charge is 0.0667 e. The Morgan fingerprint density at radius 1 is 1.86 bits per heavy atom. The van der Waals surface area contributed by atoms with Gasteiger partial charge in [-0.25, -0.2) is 0 Å². The average Bonchev–Trinajstić information content (AvgIpc) is 1.68. The lowest BCUT2D eigenvalue weighted by atomic mass is 10.4. The molecule has 1 unspecified atom stereocenters. The molecule has 0 fully saturated rings. The maximum absolute atomic E-state index is 4.93. The predicted molar refractivity (Wildman–Crippen MR) is 32.5 cm³/mol. The molecule has 46 valence electrons. The Labute approximate surface area is 46.3 Å². The van der Waals surface area contributed by atoms with Crippen LogP contribution < -0.4 is 5.32 Å². The molecule has 0 aliphatic rings. The minimum atomic E-state index is 0. The third kappa shape index (κ3) is 3.76. The molecule has 0 aliphatic heterocycles. The van der Waals surface area contributed by atoms with Crippen LogP contribution in [-0.2, 0) is 4.74 Å². The van der Waals surface area contributed by atoms with Crippen molar-refractivity contribution in [1.82, 2.24) is 5.32 Å². The largest absolute Gasteiger partial charge is 0.380 e. The van der Waals surface area contributed by atoms with E-state index in [2.05, 4.69) is 5.32 Å². The van der Waals surface area contributed by atoms with Gasteiger partial charge in [-0.3, -0.25) is 0 Å². The highest BCUT2D eigenvalue weighted by Crippen LogP contribution is 1.80. The van der Waals surface area contributed by atoms with E-state index in [-0.39, 0.29) is 1.43 Å². The molecule has 0 radical (unpaired) electrons. The van der Waals surface area contributed by atoms with Crippen molar-refractivity contribution in [3.63, 3.8) is 0 Å². The molecule has 0 amide bonds. The second kappa shape index (κ2) is 4.09. The molecule has 0 aromatic rings. The van der Waals surface area contributed by atoms with Gasteiger partial charge in [0.2, 0.25) is 0 Å². The van der Waals surface area contributed by atoms with Crippen molar-refractivity contribution >= 4 is 0 Å². The van der Waals surface area contributed by atoms with Crippen LogP contribution in [0.3, 0.4) is 0 Å². The van der Waals surface area contributed by atoms with Crippen LogP contribution in [0.5, 0.6) is 0 Å². The number of likely N-dealkylation sites (N-methyl/N-ethyl adjacent to an activating group) is 1. The lowest BCUT2D eigenvalue weighted by Gasteiger charge is -2.05. The summed E-state index contributed by atoms with van der Waals surface area (Å²) in [6.45, 7) is 2.95. The van der Waals surface area contributed by atoms with Crippen LogP contribution in [-0.4, -0.2) is 26.8 Å². The van der Waals surface area contributed by atoms with E-state index in [0.29, 0.717) is 6.10 Å². The molecule has 0 bridgehead atoms. The van der Waals surface area contributed by atoms with Crippen LogP contribution >= 0.6 is 0 Å². The summed E-state index contributed by atoms with van der Waals surface area (Å²) >= 11 is 0. The molecule has 2 heteroatoms. The van der Waals surface area contributed by atoms with Gasteiger partial charge in [0.1, 0.15) is 0 Å². The summed E-state index contributed by atoms with van der Waals surface area (Å²) in [4.78, 5) is 0. The van der Waals surface area contributed by atoms with Crippen LogP contribution in [0.2, 0.25) is 0 Å². The normalized spacial score (nSPS) is 14.1. The Balaban J connectivity index is 0. The van der Waals surface area contributed by atoms with E-state index in [1.165, 1.54) is 0 Å². The van der Waals surface area contributed by atoms with Crippen LogP contribution in [0, 0.1) is 0 Å². The van der Waals surface area contributed by atoms with Gasteiger partial charge < -0.3 is 10.1 Å². The molecular weight excluding hydrogens is 90.1 g/mol. The van der Waals surface area contributed by atoms with Crippen molar-refractivity contribution in [2.75, 3.05) is 20.7 Å². The van der Waals surface area contributed by atoms with Crippen molar-refractivity contribution in [3.8, 4) is 0 Å². The summed E-state index contributed by atoms with van der Waals surface area (Å²) in [5, 5.41) is 2.99. The summed E-state index contributed by atoms with van der Waals surface area (Å²) in [6, 6.07) is 0. The fraction of sp³-hybridized carbons (Fsp3) is 1.00. The van der Waals surface area contributed by atoms with E-state index in [1.54, 1.807) is 7.11 Å². The number of hydrogen-bond acceptors (Lipinski definition) is 2. The zero-order valence-electron chi connectivity index (χ0n) is 5.19. The Kier molecular flexibility index (Phi) is 4.04. The fourth-order valence-electron chi connectivity index (χ4n) is 0.371. The first kappa shape index (κ1) is 6.92. The molecule has 0 aromatic carbocycles. The van der Waals surface area contributed by atoms with Gasteiger partial charge in [-0.2, -0.15) is 0 Å². The predicted octanol–water partition coefficient (Wildman–Crippen LogP) is 0.487. The summed E-state index contributed by atoms with van der Waals surface area (Å²) in [5.41, 5.74) is 0. The Bertz CT molecular complexity index is 43.4. The van der Waals surface area contributed by atoms with Crippen LogP contribution in [0.15, 0.2) is 0 Å². The number of ether oxygens (including phenoxy) is 1. The number of hydrogen-bond donors (Lipinski definition) is 1. The summed E-state index contributed by atoms with van der Waals surface area (Å²) in [7, 11) is 3.62. The molecule has 1 N–H and O–H groups in total. The van der Waals surface area contributed by atoms with Gasteiger partial charge in [-0.15, -0.1) is 0 Å². The number of methoxy groups -OCH3 is 1. The molecule has 7 heavy (non-hydrogen) atoms. The van der Waals surface area contributed by atoms with Gasteiger partial charge >= 0.3 is 0 Å². The molecule has 0 heterocycles. The minimum Gasteiger partial charge on any atom is -0.380 e. The SMILES string of the molecule is CNCC(C)OC.[HH]. The second-order valence-electron chi connectivity index (χ2n) is 1.60. The van der Waals surface area contributed by atoms with Gasteiger partial charge in [-0.05, 0) is 14.0 Å². The van der Waals surface area contributed by atoms with Crippen molar-refractivity contribution in [2.24, 2.45) is 0 Å². The maximum Gasteiger partial charge on any atom is 0.0667 e. The lowest BCUT2D eigenvalue weighted by molar-refractivity contribution is 0.119. The van der Waals surface area contributed by atoms with Crippen LogP contribution in [0.25, 0.3) is 0 Å². The molecule has 0 aliphatic carbocycles. The zero-order valence-corrected chi connectivity index (χ0v) is 5.19. The fourth-order valence-corrected chi connectivity index (χ4v) is 0.371. The molecule has 2 nitrogen and oxygen atoms in total. The van der Waals surface area contributed by atoms with E-state index >= 15 is 0 Å². The first-order chi connectivity index (χ1) is 3.31. The van der Waals surface area contributed by atoms with E-state index in [0.717, 1.165) is 6.54 Å². The van der Waals surface area contributed by atoms with Crippen molar-refractivity contribution < 1.29 is 6.16 Å². The van der Waals surface area contributed by atoms with Crippen molar-refractivity contribution in [2.45, 2.75) is 13.0 Å². The highest BCUT2D eigenvalue weighted by Gasteiger charge is 1.92. The Hall–Kier alpha value is -0.0800. The van der Waals surface area contributed by atoms with Crippen LogP contribution in [0.1, 0.15) is 8.35 Å². The quantitative estimate of drug-likeness (QED) is 0.564. The first-order valence-corrected chi connectivity index (χ1v) is 2.48. The summed E-state index contributed by atoms with van der Waals surface area (Å²) in [5.74, 6) is 0. The Morgan fingerprint density at radius 3 is 2.57 bits per heavy atom. The maximum atomic E-state index is 4.93. The van der Waals surface area contributed by atoms with Crippen molar-refractivity contribution in [3.05, 3.63) is 0 Å². The minimum absolute atomic E-state index is 0. The Morgan fingerprint density at radius 2 is 2.43 bits per heavy atom. The van der Waals surface area contributed by atoms with E-state index in [4.69, 9.17) is 4.74 Å². The summed E-state index contributed by atoms with van der Waals surface area (Å²) < 4.78 is 4.93. The monoisotopic (exact) mass is 105 g/mol. The van der Waals surface area contributed by atoms with Gasteiger partial charge in [0.05, 0.1) is 6.10 Å². The van der Waals surface area contributed by atoms with Gasteiger partial charge in [-0.1, -0.05) is 0 Å². The number of nitrogens with one attached hydrogen (secondary N) is 1. The molecule has 0 spiro atoms. The summed E-state index contributed by atoms with van der Waals surface area (Å²) in [6.07, 6.45) is 0.338. The highest BCUT2D eigenvalue weighted by molar-refractivity contribution is 4.48. The average molecular weight is 105 g/mol. The first-order valence-electron chi connectivity index (χ1n) is 2.48. The van der Waals surface area contributed by atoms with E-state index < -0.39 is 0 Å². The molecular formula is C5H15NO. The molecule has 0 aromatic heterocycles. The standard InChI is InChI=1S/C5H13NO.H2/c1-5(7-3)4-6-2;/h5-6H,4H2,1-3H3;1H. The van der Waals surface area contributed by atoms with Gasteiger partial charge in [0, 0.05) is 15.1 Å². The third-order valence-corrected chi connectivity index (χ3v) is 0.894. The zero-order chi connectivity index (χ0) is 5.70. The third-order valence-electron chi connectivity index (χ3n) is 0.894. The number of rotatable bonds is 3. The topological polar surface area (TPSA) is 21.3 Å². The second-order valence-corrected chi connectivity index (χ2v) is 1.60. The van der Waals surface area contributed by atoms with Gasteiger partial charge in [0.15, 0.2) is 0 Å². The molecule has 1 atom stereocenters. The van der Waals surface area contributed by atoms with E-state index in [9.17, 15) is 0 Å². The molecule has 0 rings (SSSR count). The van der Waals surface area contributed by atoms with Crippen molar-refractivity contribution in [1.29, 1.82) is 0 Å². The molecule has 0 saturated heterocycles. The van der Waals surface area contributed by atoms with Gasteiger partial charge in [0.25, 0.3) is 0 Å². The van der Waals surface area contributed by atoms with E-state index in [1.807, 2.05) is 14.0 Å². The lowest BCUT2D eigenvalue weighted by Crippen LogP contribution is -2.21. The molecule has 0 saturated carbocycles.